The van der Waals surface area contributed by atoms with Gasteiger partial charge in [0.1, 0.15) is 11.6 Å². The molecule has 1 unspecified atom stereocenters. The first kappa shape index (κ1) is 13.7. The summed E-state index contributed by atoms with van der Waals surface area (Å²) in [5.41, 5.74) is 0.960. The zero-order chi connectivity index (χ0) is 12.8. The van der Waals surface area contributed by atoms with Crippen LogP contribution in [0.15, 0.2) is 12.1 Å². The summed E-state index contributed by atoms with van der Waals surface area (Å²) in [7, 11) is 1.76. The molecule has 0 aliphatic heterocycles. The summed E-state index contributed by atoms with van der Waals surface area (Å²) >= 11 is 0. The predicted octanol–water partition coefficient (Wildman–Crippen LogP) is 3.34. The highest BCUT2D eigenvalue weighted by atomic mass is 19.1. The minimum atomic E-state index is -0.510. The van der Waals surface area contributed by atoms with E-state index in [1.807, 2.05) is 0 Å². The van der Waals surface area contributed by atoms with Crippen LogP contribution in [0.1, 0.15) is 36.4 Å². The molecule has 0 fully saturated rings. The second kappa shape index (κ2) is 6.36. The molecule has 0 radical (unpaired) electrons. The van der Waals surface area contributed by atoms with Gasteiger partial charge in [0.15, 0.2) is 0 Å². The Kier molecular flexibility index (Phi) is 5.11. The van der Waals surface area contributed by atoms with Gasteiger partial charge >= 0.3 is 0 Å². The second-order valence-corrected chi connectivity index (χ2v) is 4.06. The van der Waals surface area contributed by atoms with Crippen LogP contribution < -0.4 is 5.32 Å². The van der Waals surface area contributed by atoms with Gasteiger partial charge in [-0.25, -0.2) is 8.78 Å². The highest BCUT2D eigenvalue weighted by molar-refractivity contribution is 5.28. The van der Waals surface area contributed by atoms with Crippen molar-refractivity contribution in [3.8, 4) is 12.3 Å². The molecule has 0 amide bonds. The largest absolute Gasteiger partial charge is 0.313 e. The van der Waals surface area contributed by atoms with E-state index in [-0.39, 0.29) is 6.04 Å². The Bertz CT molecular complexity index is 421. The monoisotopic (exact) mass is 237 g/mol. The lowest BCUT2D eigenvalue weighted by Crippen LogP contribution is -2.18. The summed E-state index contributed by atoms with van der Waals surface area (Å²) in [5, 5.41) is 3.03. The van der Waals surface area contributed by atoms with Gasteiger partial charge in [-0.05, 0) is 38.4 Å². The molecule has 1 aromatic rings. The molecule has 1 atom stereocenters. The topological polar surface area (TPSA) is 12.0 Å². The van der Waals surface area contributed by atoms with Gasteiger partial charge < -0.3 is 5.32 Å². The number of hydrogen-bond acceptors (Lipinski definition) is 1. The van der Waals surface area contributed by atoms with Gasteiger partial charge in [0.2, 0.25) is 0 Å². The van der Waals surface area contributed by atoms with Crippen molar-refractivity contribution in [1.29, 1.82) is 0 Å². The summed E-state index contributed by atoms with van der Waals surface area (Å²) in [6.07, 6.45) is 7.40. The molecule has 0 heterocycles. The minimum Gasteiger partial charge on any atom is -0.313 e. The summed E-state index contributed by atoms with van der Waals surface area (Å²) in [6, 6.07) is 2.38. The zero-order valence-electron chi connectivity index (χ0n) is 10.2. The molecule has 1 N–H and O–H groups in total. The fourth-order valence-corrected chi connectivity index (χ4v) is 1.81. The SMILES string of the molecule is C#CCCCC(NC)c1cc(C)c(F)cc1F. The van der Waals surface area contributed by atoms with E-state index < -0.39 is 11.6 Å². The van der Waals surface area contributed by atoms with Crippen LogP contribution in [0.2, 0.25) is 0 Å². The second-order valence-electron chi connectivity index (χ2n) is 4.06. The molecule has 17 heavy (non-hydrogen) atoms. The van der Waals surface area contributed by atoms with Gasteiger partial charge in [0.05, 0.1) is 0 Å². The van der Waals surface area contributed by atoms with Crippen LogP contribution in [0.3, 0.4) is 0 Å². The zero-order valence-corrected chi connectivity index (χ0v) is 10.2. The highest BCUT2D eigenvalue weighted by Gasteiger charge is 2.15. The van der Waals surface area contributed by atoms with Crippen LogP contribution in [-0.2, 0) is 0 Å². The Hall–Kier alpha value is -1.40. The van der Waals surface area contributed by atoms with Gasteiger partial charge in [-0.2, -0.15) is 0 Å². The van der Waals surface area contributed by atoms with E-state index in [2.05, 4.69) is 11.2 Å². The summed E-state index contributed by atoms with van der Waals surface area (Å²) in [6.45, 7) is 1.63. The summed E-state index contributed by atoms with van der Waals surface area (Å²) in [4.78, 5) is 0. The van der Waals surface area contributed by atoms with Crippen LogP contribution in [0, 0.1) is 30.9 Å². The van der Waals surface area contributed by atoms with Gasteiger partial charge in [-0.15, -0.1) is 12.3 Å². The Balaban J connectivity index is 2.88. The van der Waals surface area contributed by atoms with Crippen molar-refractivity contribution < 1.29 is 8.78 Å². The minimum absolute atomic E-state index is 0.123. The van der Waals surface area contributed by atoms with Gasteiger partial charge in [0, 0.05) is 24.1 Å². The lowest BCUT2D eigenvalue weighted by molar-refractivity contribution is 0.490. The Morgan fingerprint density at radius 1 is 1.35 bits per heavy atom. The maximum absolute atomic E-state index is 13.7. The van der Waals surface area contributed by atoms with Crippen molar-refractivity contribution in [2.75, 3.05) is 7.05 Å². The quantitative estimate of drug-likeness (QED) is 0.612. The van der Waals surface area contributed by atoms with E-state index in [1.54, 1.807) is 20.0 Å². The number of halogens is 2. The van der Waals surface area contributed by atoms with Crippen molar-refractivity contribution >= 4 is 0 Å². The van der Waals surface area contributed by atoms with E-state index in [9.17, 15) is 8.78 Å². The molecule has 1 nitrogen and oxygen atoms in total. The maximum Gasteiger partial charge on any atom is 0.130 e. The summed E-state index contributed by atoms with van der Waals surface area (Å²) in [5.74, 6) is 1.54. The fourth-order valence-electron chi connectivity index (χ4n) is 1.81. The molecular formula is C14H17F2N. The molecule has 0 aliphatic rings. The third-order valence-corrected chi connectivity index (χ3v) is 2.82. The van der Waals surface area contributed by atoms with Gasteiger partial charge in [-0.3, -0.25) is 0 Å². The van der Waals surface area contributed by atoms with Crippen LogP contribution in [0.5, 0.6) is 0 Å². The molecule has 1 rings (SSSR count). The van der Waals surface area contributed by atoms with E-state index in [4.69, 9.17) is 6.42 Å². The molecule has 0 saturated carbocycles. The van der Waals surface area contributed by atoms with Crippen molar-refractivity contribution in [2.24, 2.45) is 0 Å². The van der Waals surface area contributed by atoms with E-state index in [1.165, 1.54) is 0 Å². The molecule has 92 valence electrons. The Morgan fingerprint density at radius 3 is 2.65 bits per heavy atom. The fraction of sp³-hybridized carbons (Fsp3) is 0.429. The number of aryl methyl sites for hydroxylation is 1. The van der Waals surface area contributed by atoms with Crippen molar-refractivity contribution in [2.45, 2.75) is 32.2 Å². The number of benzene rings is 1. The van der Waals surface area contributed by atoms with E-state index in [0.29, 0.717) is 17.5 Å². The number of unbranched alkanes of at least 4 members (excludes halogenated alkanes) is 1. The number of terminal acetylenes is 1. The molecule has 0 bridgehead atoms. The van der Waals surface area contributed by atoms with E-state index in [0.717, 1.165) is 18.9 Å². The van der Waals surface area contributed by atoms with Gasteiger partial charge in [-0.1, -0.05) is 0 Å². The average Bonchev–Trinajstić information content (AvgIpc) is 2.30. The summed E-state index contributed by atoms with van der Waals surface area (Å²) < 4.78 is 26.8. The average molecular weight is 237 g/mol. The third-order valence-electron chi connectivity index (χ3n) is 2.82. The molecule has 0 aliphatic carbocycles. The molecule has 0 aromatic heterocycles. The van der Waals surface area contributed by atoms with Gasteiger partial charge in [0.25, 0.3) is 0 Å². The third kappa shape index (κ3) is 3.54. The lowest BCUT2D eigenvalue weighted by Gasteiger charge is -2.17. The standard InChI is InChI=1S/C14H17F2N/c1-4-5-6-7-14(17-3)11-8-10(2)12(15)9-13(11)16/h1,8-9,14,17H,5-7H2,2-3H3. The first-order chi connectivity index (χ1) is 8.10. The maximum atomic E-state index is 13.7. The smallest absolute Gasteiger partial charge is 0.130 e. The van der Waals surface area contributed by atoms with Crippen LogP contribution >= 0.6 is 0 Å². The Labute approximate surface area is 101 Å². The number of nitrogens with one attached hydrogen (secondary N) is 1. The number of rotatable bonds is 5. The van der Waals surface area contributed by atoms with Crippen LogP contribution in [-0.4, -0.2) is 7.05 Å². The van der Waals surface area contributed by atoms with Crippen molar-refractivity contribution in [3.05, 3.63) is 34.9 Å². The normalized spacial score (nSPS) is 12.2. The molecule has 0 saturated heterocycles. The number of hydrogen-bond donors (Lipinski definition) is 1. The molecule has 3 heteroatoms. The first-order valence-electron chi connectivity index (χ1n) is 5.66. The molecule has 0 spiro atoms. The molecule has 1 aromatic carbocycles. The first-order valence-corrected chi connectivity index (χ1v) is 5.66. The highest BCUT2D eigenvalue weighted by Crippen LogP contribution is 2.24. The van der Waals surface area contributed by atoms with Crippen LogP contribution in [0.4, 0.5) is 8.78 Å². The van der Waals surface area contributed by atoms with Crippen LogP contribution in [0.25, 0.3) is 0 Å². The van der Waals surface area contributed by atoms with Crippen molar-refractivity contribution in [1.82, 2.24) is 5.32 Å². The molecular weight excluding hydrogens is 220 g/mol. The lowest BCUT2D eigenvalue weighted by atomic mass is 9.98. The Morgan fingerprint density at radius 2 is 2.06 bits per heavy atom. The van der Waals surface area contributed by atoms with Crippen molar-refractivity contribution in [3.63, 3.8) is 0 Å². The van der Waals surface area contributed by atoms with E-state index >= 15 is 0 Å². The predicted molar refractivity (Wildman–Crippen MR) is 65.6 cm³/mol.